The highest BCUT2D eigenvalue weighted by Gasteiger charge is 2.28. The van der Waals surface area contributed by atoms with Crippen LogP contribution in [-0.2, 0) is 0 Å². The van der Waals surface area contributed by atoms with Gasteiger partial charge in [0.05, 0.1) is 0 Å². The fourth-order valence-corrected chi connectivity index (χ4v) is 1.89. The van der Waals surface area contributed by atoms with Gasteiger partial charge < -0.3 is 10.0 Å². The van der Waals surface area contributed by atoms with Gasteiger partial charge in [0, 0.05) is 31.6 Å². The number of carbonyl (C=O) groups is 1. The minimum Gasteiger partial charge on any atom is -0.396 e. The second-order valence-corrected chi connectivity index (χ2v) is 4.11. The Bertz CT molecular complexity index is 333. The number of hydrogen-bond donors (Lipinski definition) is 1. The summed E-state index contributed by atoms with van der Waals surface area (Å²) in [5.41, 5.74) is 0. The van der Waals surface area contributed by atoms with Gasteiger partial charge in [0.1, 0.15) is 6.33 Å². The molecule has 1 saturated carbocycles. The third-order valence-electron chi connectivity index (χ3n) is 3.04. The maximum Gasteiger partial charge on any atom is 0.329 e. The maximum absolute atomic E-state index is 12.1. The highest BCUT2D eigenvalue weighted by Crippen LogP contribution is 2.25. The van der Waals surface area contributed by atoms with E-state index in [0.717, 1.165) is 12.8 Å². The van der Waals surface area contributed by atoms with E-state index in [1.165, 1.54) is 17.3 Å². The van der Waals surface area contributed by atoms with Crippen LogP contribution >= 0.6 is 0 Å². The fraction of sp³-hybridized carbons (Fsp3) is 0.636. The number of amides is 1. The van der Waals surface area contributed by atoms with Crippen LogP contribution in [-0.4, -0.2) is 44.8 Å². The second-order valence-electron chi connectivity index (χ2n) is 4.11. The van der Waals surface area contributed by atoms with Crippen LogP contribution in [0.15, 0.2) is 18.7 Å². The normalized spacial score (nSPS) is 15.8. The predicted molar refractivity (Wildman–Crippen MR) is 59.1 cm³/mol. The molecule has 1 aromatic heterocycles. The molecule has 0 spiro atoms. The molecule has 16 heavy (non-hydrogen) atoms. The highest BCUT2D eigenvalue weighted by molar-refractivity contribution is 5.77. The number of carbonyl (C=O) groups excluding carboxylic acids is 1. The first-order valence-electron chi connectivity index (χ1n) is 5.72. The molecule has 1 aromatic rings. The summed E-state index contributed by atoms with van der Waals surface area (Å²) in [4.78, 5) is 17.8. The summed E-state index contributed by atoms with van der Waals surface area (Å²) >= 11 is 0. The van der Waals surface area contributed by atoms with Crippen LogP contribution in [0.4, 0.5) is 4.79 Å². The van der Waals surface area contributed by atoms with E-state index in [2.05, 4.69) is 4.98 Å². The number of imidazole rings is 1. The largest absolute Gasteiger partial charge is 0.396 e. The van der Waals surface area contributed by atoms with Crippen LogP contribution in [0, 0.1) is 0 Å². The molecule has 88 valence electrons. The number of aliphatic hydroxyl groups is 1. The average Bonchev–Trinajstić information content (AvgIpc) is 2.73. The van der Waals surface area contributed by atoms with E-state index in [4.69, 9.17) is 5.11 Å². The first-order chi connectivity index (χ1) is 7.83. The molecule has 0 aromatic carbocycles. The molecule has 1 amide bonds. The molecule has 1 aliphatic rings. The summed E-state index contributed by atoms with van der Waals surface area (Å²) in [6.45, 7) is 0.749. The van der Waals surface area contributed by atoms with Gasteiger partial charge >= 0.3 is 6.03 Å². The van der Waals surface area contributed by atoms with Crippen LogP contribution in [0.3, 0.4) is 0 Å². The third-order valence-corrected chi connectivity index (χ3v) is 3.04. The van der Waals surface area contributed by atoms with Crippen LogP contribution < -0.4 is 0 Å². The van der Waals surface area contributed by atoms with E-state index in [-0.39, 0.29) is 12.6 Å². The van der Waals surface area contributed by atoms with Crippen molar-refractivity contribution >= 4 is 6.03 Å². The molecule has 1 aliphatic carbocycles. The lowest BCUT2D eigenvalue weighted by molar-refractivity contribution is 0.131. The first kappa shape index (κ1) is 11.1. The first-order valence-corrected chi connectivity index (χ1v) is 5.72. The number of aliphatic hydroxyl groups excluding tert-OH is 1. The Labute approximate surface area is 94.7 Å². The minimum atomic E-state index is -0.0318. The Balaban J connectivity index is 2.02. The quantitative estimate of drug-likeness (QED) is 0.831. The lowest BCUT2D eigenvalue weighted by Gasteiger charge is -2.37. The summed E-state index contributed by atoms with van der Waals surface area (Å²) in [5, 5.41) is 8.84. The minimum absolute atomic E-state index is 0.0318. The smallest absolute Gasteiger partial charge is 0.329 e. The topological polar surface area (TPSA) is 58.4 Å². The molecule has 0 unspecified atom stereocenters. The zero-order chi connectivity index (χ0) is 11.4. The maximum atomic E-state index is 12.1. The van der Waals surface area contributed by atoms with Crippen molar-refractivity contribution in [2.75, 3.05) is 13.2 Å². The van der Waals surface area contributed by atoms with Crippen molar-refractivity contribution in [3.8, 4) is 0 Å². The second kappa shape index (κ2) is 5.12. The lowest BCUT2D eigenvalue weighted by Crippen LogP contribution is -2.46. The van der Waals surface area contributed by atoms with Crippen molar-refractivity contribution in [2.45, 2.75) is 31.7 Å². The van der Waals surface area contributed by atoms with Gasteiger partial charge in [-0.1, -0.05) is 0 Å². The summed E-state index contributed by atoms with van der Waals surface area (Å²) in [5.74, 6) is 0. The third kappa shape index (κ3) is 2.24. The standard InChI is InChI=1S/C11H17N3O2/c15-8-2-6-14(10-3-1-4-10)11(16)13-7-5-12-9-13/h5,7,9-10,15H,1-4,6,8H2. The van der Waals surface area contributed by atoms with Crippen molar-refractivity contribution in [1.82, 2.24) is 14.5 Å². The molecule has 0 saturated heterocycles. The molecular formula is C11H17N3O2. The van der Waals surface area contributed by atoms with Crippen LogP contribution in [0.25, 0.3) is 0 Å². The average molecular weight is 223 g/mol. The zero-order valence-corrected chi connectivity index (χ0v) is 9.25. The molecule has 1 heterocycles. The summed E-state index contributed by atoms with van der Waals surface area (Å²) in [7, 11) is 0. The van der Waals surface area contributed by atoms with E-state index in [9.17, 15) is 4.79 Å². The van der Waals surface area contributed by atoms with Crippen LogP contribution in [0.5, 0.6) is 0 Å². The van der Waals surface area contributed by atoms with Crippen molar-refractivity contribution in [1.29, 1.82) is 0 Å². The van der Waals surface area contributed by atoms with E-state index in [1.54, 1.807) is 12.4 Å². The summed E-state index contributed by atoms with van der Waals surface area (Å²) in [6.07, 6.45) is 8.76. The van der Waals surface area contributed by atoms with E-state index in [1.807, 2.05) is 4.90 Å². The molecule has 5 nitrogen and oxygen atoms in total. The SMILES string of the molecule is O=C(N(CCCO)C1CCC1)n1ccnc1. The molecule has 1 N–H and O–H groups in total. The highest BCUT2D eigenvalue weighted by atomic mass is 16.3. The number of aromatic nitrogens is 2. The molecular weight excluding hydrogens is 206 g/mol. The Hall–Kier alpha value is -1.36. The number of hydrogen-bond acceptors (Lipinski definition) is 3. The van der Waals surface area contributed by atoms with Gasteiger partial charge in [-0.25, -0.2) is 9.78 Å². The molecule has 0 bridgehead atoms. The molecule has 2 rings (SSSR count). The lowest BCUT2D eigenvalue weighted by atomic mass is 9.91. The monoisotopic (exact) mass is 223 g/mol. The van der Waals surface area contributed by atoms with Gasteiger partial charge in [-0.2, -0.15) is 0 Å². The van der Waals surface area contributed by atoms with Crippen molar-refractivity contribution in [3.63, 3.8) is 0 Å². The summed E-state index contributed by atoms with van der Waals surface area (Å²) in [6, 6.07) is 0.317. The molecule has 0 aliphatic heterocycles. The van der Waals surface area contributed by atoms with Crippen molar-refractivity contribution < 1.29 is 9.90 Å². The summed E-state index contributed by atoms with van der Waals surface area (Å²) < 4.78 is 1.50. The zero-order valence-electron chi connectivity index (χ0n) is 9.25. The van der Waals surface area contributed by atoms with Gasteiger partial charge in [0.25, 0.3) is 0 Å². The van der Waals surface area contributed by atoms with Gasteiger partial charge in [-0.15, -0.1) is 0 Å². The molecule has 1 fully saturated rings. The fourth-order valence-electron chi connectivity index (χ4n) is 1.89. The Morgan fingerprint density at radius 3 is 2.88 bits per heavy atom. The Kier molecular flexibility index (Phi) is 3.56. The molecule has 0 radical (unpaired) electrons. The van der Waals surface area contributed by atoms with Gasteiger partial charge in [-0.3, -0.25) is 4.57 Å². The van der Waals surface area contributed by atoms with E-state index in [0.29, 0.717) is 19.0 Å². The van der Waals surface area contributed by atoms with Gasteiger partial charge in [0.15, 0.2) is 0 Å². The molecule has 5 heteroatoms. The predicted octanol–water partition coefficient (Wildman–Crippen LogP) is 1.09. The van der Waals surface area contributed by atoms with Crippen LogP contribution in [0.2, 0.25) is 0 Å². The van der Waals surface area contributed by atoms with Gasteiger partial charge in [-0.05, 0) is 25.7 Å². The number of nitrogens with zero attached hydrogens (tertiary/aromatic N) is 3. The van der Waals surface area contributed by atoms with Crippen LogP contribution in [0.1, 0.15) is 25.7 Å². The van der Waals surface area contributed by atoms with E-state index < -0.39 is 0 Å². The molecule has 0 atom stereocenters. The Morgan fingerprint density at radius 2 is 2.38 bits per heavy atom. The number of rotatable bonds is 4. The Morgan fingerprint density at radius 1 is 1.56 bits per heavy atom. The van der Waals surface area contributed by atoms with E-state index >= 15 is 0 Å². The van der Waals surface area contributed by atoms with Crippen molar-refractivity contribution in [2.24, 2.45) is 0 Å². The van der Waals surface area contributed by atoms with Gasteiger partial charge in [0.2, 0.25) is 0 Å². The van der Waals surface area contributed by atoms with Crippen molar-refractivity contribution in [3.05, 3.63) is 18.7 Å².